The van der Waals surface area contributed by atoms with Crippen LogP contribution in [0.2, 0.25) is 0 Å². The fourth-order valence-electron chi connectivity index (χ4n) is 1.73. The maximum atomic E-state index is 10.9. The average molecular weight is 235 g/mol. The molecular weight excluding hydrogens is 228 g/mol. The predicted octanol–water partition coefficient (Wildman–Crippen LogP) is 2.70. The van der Waals surface area contributed by atoms with Gasteiger partial charge in [0.2, 0.25) is 0 Å². The van der Waals surface area contributed by atoms with Gasteiger partial charge >= 0.3 is 11.5 Å². The number of benzene rings is 2. The fraction of sp³-hybridized carbons (Fsp3) is 0.0833. The van der Waals surface area contributed by atoms with Gasteiger partial charge in [-0.05, 0) is 34.5 Å². The van der Waals surface area contributed by atoms with Gasteiger partial charge in [-0.25, -0.2) is 0 Å². The Morgan fingerprint density at radius 2 is 1.56 bits per heavy atom. The zero-order chi connectivity index (χ0) is 11.1. The van der Waals surface area contributed by atoms with Crippen molar-refractivity contribution in [2.75, 3.05) is 0 Å². The highest BCUT2D eigenvalue weighted by atomic mass is 35.5. The number of ether oxygens (including phenoxy) is 2. The van der Waals surface area contributed by atoms with E-state index in [4.69, 9.17) is 21.1 Å². The van der Waals surface area contributed by atoms with E-state index in [1.165, 1.54) is 0 Å². The van der Waals surface area contributed by atoms with Gasteiger partial charge in [0.25, 0.3) is 0 Å². The van der Waals surface area contributed by atoms with Crippen LogP contribution in [0.4, 0.5) is 0 Å². The van der Waals surface area contributed by atoms with Crippen LogP contribution in [-0.4, -0.2) is 11.5 Å². The summed E-state index contributed by atoms with van der Waals surface area (Å²) in [5.74, 6) is 1.11. The van der Waals surface area contributed by atoms with Crippen molar-refractivity contribution in [2.45, 2.75) is 6.29 Å². The van der Waals surface area contributed by atoms with Crippen LogP contribution in [0.15, 0.2) is 36.4 Å². The summed E-state index contributed by atoms with van der Waals surface area (Å²) in [6.07, 6.45) is -1.02. The average Bonchev–Trinajstić information content (AvgIpc) is 2.68. The molecule has 1 aliphatic heterocycles. The topological polar surface area (TPSA) is 35.5 Å². The summed E-state index contributed by atoms with van der Waals surface area (Å²) in [4.78, 5) is 10.9. The van der Waals surface area contributed by atoms with Crippen molar-refractivity contribution in [1.82, 2.24) is 0 Å². The van der Waals surface area contributed by atoms with E-state index in [1.807, 2.05) is 36.4 Å². The van der Waals surface area contributed by atoms with Gasteiger partial charge in [-0.15, -0.1) is 0 Å². The highest BCUT2D eigenvalue weighted by molar-refractivity contribution is 6.64. The van der Waals surface area contributed by atoms with Crippen LogP contribution >= 0.6 is 11.6 Å². The van der Waals surface area contributed by atoms with E-state index >= 15 is 0 Å². The lowest BCUT2D eigenvalue weighted by atomic mass is 10.1. The van der Waals surface area contributed by atoms with Crippen LogP contribution in [0.5, 0.6) is 11.5 Å². The molecule has 0 aliphatic carbocycles. The van der Waals surface area contributed by atoms with Gasteiger partial charge in [0, 0.05) is 0 Å². The molecule has 0 atom stereocenters. The molecule has 0 unspecified atom stereocenters. The molecule has 0 N–H and O–H groups in total. The number of carbonyl (C=O) groups is 1. The molecule has 1 heterocycles. The normalized spacial score (nSPS) is 14.3. The standard InChI is InChI=1S/C12H7ClO3/c13-11(14)12-15-9-5-7-3-1-2-4-8(7)6-10(9)16-12/h1-6,12H. The van der Waals surface area contributed by atoms with Crippen LogP contribution in [0, 0.1) is 0 Å². The molecule has 0 aromatic heterocycles. The van der Waals surface area contributed by atoms with Gasteiger partial charge in [0.15, 0.2) is 11.5 Å². The van der Waals surface area contributed by atoms with Gasteiger partial charge in [-0.1, -0.05) is 24.3 Å². The van der Waals surface area contributed by atoms with E-state index in [0.29, 0.717) is 11.5 Å². The maximum absolute atomic E-state index is 10.9. The third-order valence-corrected chi connectivity index (χ3v) is 2.64. The lowest BCUT2D eigenvalue weighted by Crippen LogP contribution is -2.24. The molecular formula is C12H7ClO3. The lowest BCUT2D eigenvalue weighted by Gasteiger charge is -2.02. The highest BCUT2D eigenvalue weighted by Gasteiger charge is 2.29. The number of hydrogen-bond acceptors (Lipinski definition) is 3. The SMILES string of the molecule is O=C(Cl)C1Oc2cc3ccccc3cc2O1. The van der Waals surface area contributed by atoms with Crippen LogP contribution in [0.3, 0.4) is 0 Å². The second kappa shape index (κ2) is 3.39. The van der Waals surface area contributed by atoms with Crippen molar-refractivity contribution in [2.24, 2.45) is 0 Å². The van der Waals surface area contributed by atoms with E-state index in [-0.39, 0.29) is 0 Å². The van der Waals surface area contributed by atoms with Gasteiger partial charge < -0.3 is 9.47 Å². The number of halogens is 1. The molecule has 0 spiro atoms. The molecule has 0 amide bonds. The third kappa shape index (κ3) is 1.41. The Balaban J connectivity index is 2.11. The molecule has 0 saturated heterocycles. The van der Waals surface area contributed by atoms with E-state index in [0.717, 1.165) is 10.8 Å². The number of rotatable bonds is 1. The number of carbonyl (C=O) groups excluding carboxylic acids is 1. The second-order valence-corrected chi connectivity index (χ2v) is 3.89. The quantitative estimate of drug-likeness (QED) is 0.712. The molecule has 0 radical (unpaired) electrons. The minimum absolute atomic E-state index is 0.553. The molecule has 0 fully saturated rings. The first-order valence-electron chi connectivity index (χ1n) is 4.79. The largest absolute Gasteiger partial charge is 0.443 e. The van der Waals surface area contributed by atoms with Crippen molar-refractivity contribution in [1.29, 1.82) is 0 Å². The Morgan fingerprint density at radius 3 is 2.00 bits per heavy atom. The zero-order valence-corrected chi connectivity index (χ0v) is 8.90. The molecule has 2 aromatic rings. The van der Waals surface area contributed by atoms with Crippen LogP contribution in [0.1, 0.15) is 0 Å². The summed E-state index contributed by atoms with van der Waals surface area (Å²) in [7, 11) is 0. The van der Waals surface area contributed by atoms with Gasteiger partial charge in [0.1, 0.15) is 0 Å². The Morgan fingerprint density at radius 1 is 1.06 bits per heavy atom. The zero-order valence-electron chi connectivity index (χ0n) is 8.14. The van der Waals surface area contributed by atoms with E-state index in [2.05, 4.69) is 0 Å². The molecule has 3 nitrogen and oxygen atoms in total. The Hall–Kier alpha value is -1.74. The van der Waals surface area contributed by atoms with Gasteiger partial charge in [-0.3, -0.25) is 4.79 Å². The first kappa shape index (κ1) is 9.48. The molecule has 4 heteroatoms. The maximum Gasteiger partial charge on any atom is 0.316 e. The minimum Gasteiger partial charge on any atom is -0.443 e. The third-order valence-electron chi connectivity index (χ3n) is 2.47. The van der Waals surface area contributed by atoms with Crippen LogP contribution in [0.25, 0.3) is 10.8 Å². The molecule has 80 valence electrons. The predicted molar refractivity (Wildman–Crippen MR) is 59.9 cm³/mol. The van der Waals surface area contributed by atoms with E-state index in [1.54, 1.807) is 0 Å². The smallest absolute Gasteiger partial charge is 0.316 e. The van der Waals surface area contributed by atoms with Crippen molar-refractivity contribution in [3.05, 3.63) is 36.4 Å². The van der Waals surface area contributed by atoms with Gasteiger partial charge in [0.05, 0.1) is 0 Å². The first-order valence-corrected chi connectivity index (χ1v) is 5.17. The summed E-state index contributed by atoms with van der Waals surface area (Å²) < 4.78 is 10.5. The summed E-state index contributed by atoms with van der Waals surface area (Å²) >= 11 is 5.32. The fourth-order valence-corrected chi connectivity index (χ4v) is 1.82. The van der Waals surface area contributed by atoms with E-state index < -0.39 is 11.5 Å². The van der Waals surface area contributed by atoms with Crippen molar-refractivity contribution < 1.29 is 14.3 Å². The highest BCUT2D eigenvalue weighted by Crippen LogP contribution is 2.38. The number of hydrogen-bond donors (Lipinski definition) is 0. The monoisotopic (exact) mass is 234 g/mol. The summed E-state index contributed by atoms with van der Waals surface area (Å²) in [5, 5.41) is 1.42. The second-order valence-electron chi connectivity index (χ2n) is 3.52. The lowest BCUT2D eigenvalue weighted by molar-refractivity contribution is -0.125. The number of fused-ring (bicyclic) bond motifs is 2. The van der Waals surface area contributed by atoms with Gasteiger partial charge in [-0.2, -0.15) is 0 Å². The van der Waals surface area contributed by atoms with Crippen LogP contribution < -0.4 is 9.47 Å². The molecule has 1 aliphatic rings. The molecule has 2 aromatic carbocycles. The minimum atomic E-state index is -1.02. The summed E-state index contributed by atoms with van der Waals surface area (Å²) in [5.41, 5.74) is 0. The summed E-state index contributed by atoms with van der Waals surface area (Å²) in [6.45, 7) is 0. The molecule has 0 saturated carbocycles. The Bertz CT molecular complexity index is 535. The van der Waals surface area contributed by atoms with Crippen molar-refractivity contribution in [3.8, 4) is 11.5 Å². The molecule has 3 rings (SSSR count). The van der Waals surface area contributed by atoms with E-state index in [9.17, 15) is 4.79 Å². The molecule has 0 bridgehead atoms. The van der Waals surface area contributed by atoms with Crippen LogP contribution in [-0.2, 0) is 4.79 Å². The van der Waals surface area contributed by atoms with Crippen molar-refractivity contribution in [3.63, 3.8) is 0 Å². The Labute approximate surface area is 96.5 Å². The Kier molecular flexibility index (Phi) is 2.01. The first-order chi connectivity index (χ1) is 7.74. The van der Waals surface area contributed by atoms with Crippen molar-refractivity contribution >= 4 is 27.6 Å². The summed E-state index contributed by atoms with van der Waals surface area (Å²) in [6, 6.07) is 11.5. The molecule has 16 heavy (non-hydrogen) atoms.